The molecule has 0 atom stereocenters. The largest absolute Gasteiger partial charge is 0.370 e. The molecule has 2 fully saturated rings. The third-order valence-electron chi connectivity index (χ3n) is 5.26. The van der Waals surface area contributed by atoms with Gasteiger partial charge in [0.05, 0.1) is 11.7 Å². The molecule has 0 heterocycles. The predicted octanol–water partition coefficient (Wildman–Crippen LogP) is 4.14. The van der Waals surface area contributed by atoms with E-state index in [-0.39, 0.29) is 5.60 Å². The predicted molar refractivity (Wildman–Crippen MR) is 81.4 cm³/mol. The molecular formula is C17H33NO. The SMILES string of the molecule is CCNCC1(OC2CCC(C)CC2)CCC(C)CC1. The molecule has 2 nitrogen and oxygen atoms in total. The number of hydrogen-bond acceptors (Lipinski definition) is 2. The molecule has 2 saturated carbocycles. The maximum Gasteiger partial charge on any atom is 0.0810 e. The number of ether oxygens (including phenoxy) is 1. The summed E-state index contributed by atoms with van der Waals surface area (Å²) in [5.41, 5.74) is 0.147. The lowest BCUT2D eigenvalue weighted by molar-refractivity contribution is -0.129. The Morgan fingerprint density at radius 3 is 2.11 bits per heavy atom. The summed E-state index contributed by atoms with van der Waals surface area (Å²) in [5, 5.41) is 3.55. The zero-order chi connectivity index (χ0) is 13.7. The molecule has 2 heteroatoms. The van der Waals surface area contributed by atoms with Crippen molar-refractivity contribution in [1.82, 2.24) is 5.32 Å². The van der Waals surface area contributed by atoms with Crippen molar-refractivity contribution in [3.05, 3.63) is 0 Å². The van der Waals surface area contributed by atoms with Crippen molar-refractivity contribution in [2.75, 3.05) is 13.1 Å². The Morgan fingerprint density at radius 2 is 1.53 bits per heavy atom. The van der Waals surface area contributed by atoms with E-state index in [4.69, 9.17) is 4.74 Å². The van der Waals surface area contributed by atoms with Crippen molar-refractivity contribution in [1.29, 1.82) is 0 Å². The van der Waals surface area contributed by atoms with Gasteiger partial charge in [0, 0.05) is 6.54 Å². The monoisotopic (exact) mass is 267 g/mol. The van der Waals surface area contributed by atoms with Gasteiger partial charge in [0.1, 0.15) is 0 Å². The molecule has 0 aromatic heterocycles. The van der Waals surface area contributed by atoms with E-state index in [0.29, 0.717) is 6.10 Å². The first-order valence-corrected chi connectivity index (χ1v) is 8.52. The van der Waals surface area contributed by atoms with Crippen molar-refractivity contribution in [2.24, 2.45) is 11.8 Å². The van der Waals surface area contributed by atoms with Gasteiger partial charge >= 0.3 is 0 Å². The van der Waals surface area contributed by atoms with Crippen molar-refractivity contribution in [3.63, 3.8) is 0 Å². The Kier molecular flexibility index (Phi) is 5.70. The minimum Gasteiger partial charge on any atom is -0.370 e. The van der Waals surface area contributed by atoms with Gasteiger partial charge in [-0.3, -0.25) is 0 Å². The quantitative estimate of drug-likeness (QED) is 0.808. The second-order valence-electron chi connectivity index (χ2n) is 7.15. The molecule has 0 aliphatic heterocycles. The van der Waals surface area contributed by atoms with Crippen LogP contribution < -0.4 is 5.32 Å². The van der Waals surface area contributed by atoms with Gasteiger partial charge < -0.3 is 10.1 Å². The second-order valence-corrected chi connectivity index (χ2v) is 7.15. The van der Waals surface area contributed by atoms with Crippen LogP contribution in [0.3, 0.4) is 0 Å². The summed E-state index contributed by atoms with van der Waals surface area (Å²) in [4.78, 5) is 0. The number of rotatable bonds is 5. The van der Waals surface area contributed by atoms with Gasteiger partial charge in [-0.25, -0.2) is 0 Å². The van der Waals surface area contributed by atoms with Crippen LogP contribution in [0.25, 0.3) is 0 Å². The molecule has 2 aliphatic rings. The number of likely N-dealkylation sites (N-methyl/N-ethyl adjacent to an activating group) is 1. The van der Waals surface area contributed by atoms with Crippen molar-refractivity contribution in [2.45, 2.75) is 83.8 Å². The van der Waals surface area contributed by atoms with Gasteiger partial charge in [-0.1, -0.05) is 20.8 Å². The minimum absolute atomic E-state index is 0.147. The molecule has 0 aromatic carbocycles. The molecule has 0 aromatic rings. The molecule has 1 N–H and O–H groups in total. The molecule has 0 amide bonds. The highest BCUT2D eigenvalue weighted by Gasteiger charge is 2.37. The zero-order valence-electron chi connectivity index (χ0n) is 13.2. The van der Waals surface area contributed by atoms with E-state index in [1.165, 1.54) is 51.4 Å². The van der Waals surface area contributed by atoms with Gasteiger partial charge in [-0.05, 0) is 69.7 Å². The molecule has 0 radical (unpaired) electrons. The van der Waals surface area contributed by atoms with Crippen LogP contribution in [0, 0.1) is 11.8 Å². The van der Waals surface area contributed by atoms with E-state index in [1.807, 2.05) is 0 Å². The fourth-order valence-corrected chi connectivity index (χ4v) is 3.68. The Balaban J connectivity index is 1.89. The second kappa shape index (κ2) is 7.08. The highest BCUT2D eigenvalue weighted by atomic mass is 16.5. The summed E-state index contributed by atoms with van der Waals surface area (Å²) in [5.74, 6) is 1.81. The normalized spacial score (nSPS) is 40.3. The van der Waals surface area contributed by atoms with Crippen LogP contribution in [0.4, 0.5) is 0 Å². The Bertz CT molecular complexity index is 244. The summed E-state index contributed by atoms with van der Waals surface area (Å²) < 4.78 is 6.66. The van der Waals surface area contributed by atoms with E-state index in [0.717, 1.165) is 24.9 Å². The van der Waals surface area contributed by atoms with E-state index in [2.05, 4.69) is 26.1 Å². The standard InChI is InChI=1S/C17H33NO/c1-4-18-13-17(11-9-15(3)10-12-17)19-16-7-5-14(2)6-8-16/h14-16,18H,4-13H2,1-3H3. The molecule has 0 saturated heterocycles. The van der Waals surface area contributed by atoms with Crippen molar-refractivity contribution < 1.29 is 4.74 Å². The van der Waals surface area contributed by atoms with Crippen molar-refractivity contribution >= 4 is 0 Å². The topological polar surface area (TPSA) is 21.3 Å². The fraction of sp³-hybridized carbons (Fsp3) is 1.00. The summed E-state index contributed by atoms with van der Waals surface area (Å²) in [6, 6.07) is 0. The Hall–Kier alpha value is -0.0800. The summed E-state index contributed by atoms with van der Waals surface area (Å²) in [7, 11) is 0. The molecular weight excluding hydrogens is 234 g/mol. The molecule has 0 spiro atoms. The molecule has 112 valence electrons. The molecule has 0 bridgehead atoms. The average Bonchev–Trinajstić information content (AvgIpc) is 2.43. The minimum atomic E-state index is 0.147. The molecule has 0 unspecified atom stereocenters. The maximum atomic E-state index is 6.66. The van der Waals surface area contributed by atoms with E-state index < -0.39 is 0 Å². The summed E-state index contributed by atoms with van der Waals surface area (Å²) >= 11 is 0. The fourth-order valence-electron chi connectivity index (χ4n) is 3.68. The van der Waals surface area contributed by atoms with Crippen LogP contribution in [0.2, 0.25) is 0 Å². The maximum absolute atomic E-state index is 6.66. The zero-order valence-corrected chi connectivity index (χ0v) is 13.2. The Morgan fingerprint density at radius 1 is 0.947 bits per heavy atom. The van der Waals surface area contributed by atoms with Crippen LogP contribution in [-0.2, 0) is 4.74 Å². The average molecular weight is 267 g/mol. The molecule has 2 rings (SSSR count). The molecule has 2 aliphatic carbocycles. The first-order chi connectivity index (χ1) is 9.13. The van der Waals surface area contributed by atoms with Crippen molar-refractivity contribution in [3.8, 4) is 0 Å². The number of hydrogen-bond donors (Lipinski definition) is 1. The third kappa shape index (κ3) is 4.46. The lowest BCUT2D eigenvalue weighted by Crippen LogP contribution is -2.48. The summed E-state index contributed by atoms with van der Waals surface area (Å²) in [6.45, 7) is 9.08. The van der Waals surface area contributed by atoms with Gasteiger partial charge in [0.25, 0.3) is 0 Å². The van der Waals surface area contributed by atoms with E-state index in [9.17, 15) is 0 Å². The highest BCUT2D eigenvalue weighted by Crippen LogP contribution is 2.38. The lowest BCUT2D eigenvalue weighted by Gasteiger charge is -2.43. The lowest BCUT2D eigenvalue weighted by atomic mass is 9.78. The first kappa shape index (κ1) is 15.3. The smallest absolute Gasteiger partial charge is 0.0810 e. The number of nitrogens with one attached hydrogen (secondary N) is 1. The first-order valence-electron chi connectivity index (χ1n) is 8.52. The van der Waals surface area contributed by atoms with Crippen LogP contribution in [0.15, 0.2) is 0 Å². The molecule has 19 heavy (non-hydrogen) atoms. The Labute approximate surface area is 119 Å². The van der Waals surface area contributed by atoms with Crippen LogP contribution >= 0.6 is 0 Å². The van der Waals surface area contributed by atoms with E-state index >= 15 is 0 Å². The summed E-state index contributed by atoms with van der Waals surface area (Å²) in [6.07, 6.45) is 11.0. The van der Waals surface area contributed by atoms with Gasteiger partial charge in [-0.15, -0.1) is 0 Å². The van der Waals surface area contributed by atoms with Crippen LogP contribution in [-0.4, -0.2) is 24.8 Å². The van der Waals surface area contributed by atoms with Crippen LogP contribution in [0.5, 0.6) is 0 Å². The van der Waals surface area contributed by atoms with Gasteiger partial charge in [-0.2, -0.15) is 0 Å². The third-order valence-corrected chi connectivity index (χ3v) is 5.26. The van der Waals surface area contributed by atoms with Gasteiger partial charge in [0.2, 0.25) is 0 Å². The van der Waals surface area contributed by atoms with Gasteiger partial charge in [0.15, 0.2) is 0 Å². The highest BCUT2D eigenvalue weighted by molar-refractivity contribution is 4.90. The van der Waals surface area contributed by atoms with Crippen LogP contribution in [0.1, 0.15) is 72.1 Å². The van der Waals surface area contributed by atoms with E-state index in [1.54, 1.807) is 0 Å².